The van der Waals surface area contributed by atoms with Crippen molar-refractivity contribution in [1.82, 2.24) is 0 Å². The van der Waals surface area contributed by atoms with Crippen molar-refractivity contribution in [3.8, 4) is 0 Å². The van der Waals surface area contributed by atoms with Crippen LogP contribution in [0.1, 0.15) is 27.0 Å². The summed E-state index contributed by atoms with van der Waals surface area (Å²) < 4.78 is 26.5. The second-order valence-corrected chi connectivity index (χ2v) is 6.71. The van der Waals surface area contributed by atoms with Gasteiger partial charge in [0.05, 0.1) is 16.7 Å². The lowest BCUT2D eigenvalue weighted by Gasteiger charge is -2.07. The van der Waals surface area contributed by atoms with Crippen molar-refractivity contribution >= 4 is 27.8 Å². The predicted octanol–water partition coefficient (Wildman–Crippen LogP) is 3.41. The maximum Gasteiger partial charge on any atom is 0.337 e. The summed E-state index contributed by atoms with van der Waals surface area (Å²) in [6.45, 7) is 3.92. The minimum atomic E-state index is -3.81. The maximum absolute atomic E-state index is 12.1. The van der Waals surface area contributed by atoms with E-state index in [4.69, 9.17) is 5.11 Å². The zero-order valence-corrected chi connectivity index (χ0v) is 13.6. The van der Waals surface area contributed by atoms with Gasteiger partial charge in [-0.2, -0.15) is 0 Å². The molecule has 0 radical (unpaired) electrons. The van der Waals surface area contributed by atoms with Crippen LogP contribution in [0.3, 0.4) is 0 Å². The molecule has 0 bridgehead atoms. The second-order valence-electron chi connectivity index (χ2n) is 5.14. The fourth-order valence-corrected chi connectivity index (χ4v) is 2.87. The van der Waals surface area contributed by atoms with E-state index in [1.807, 2.05) is 32.0 Å². The van der Waals surface area contributed by atoms with E-state index in [9.17, 15) is 13.2 Å². The van der Waals surface area contributed by atoms with Crippen LogP contribution in [0.15, 0.2) is 47.9 Å². The normalized spacial score (nSPS) is 11.6. The first kappa shape index (κ1) is 16.8. The molecule has 0 amide bonds. The van der Waals surface area contributed by atoms with Crippen LogP contribution in [0.25, 0.3) is 6.08 Å². The Morgan fingerprint density at radius 3 is 2.43 bits per heavy atom. The number of rotatable bonds is 5. The van der Waals surface area contributed by atoms with Gasteiger partial charge in [-0.3, -0.25) is 4.72 Å². The van der Waals surface area contributed by atoms with Crippen molar-refractivity contribution in [2.75, 3.05) is 4.72 Å². The van der Waals surface area contributed by atoms with Crippen LogP contribution >= 0.6 is 0 Å². The predicted molar refractivity (Wildman–Crippen MR) is 90.9 cm³/mol. The molecule has 0 spiro atoms. The molecule has 0 saturated heterocycles. The van der Waals surface area contributed by atoms with Crippen molar-refractivity contribution < 1.29 is 18.3 Å². The molecule has 0 fully saturated rings. The molecule has 0 unspecified atom stereocenters. The highest BCUT2D eigenvalue weighted by molar-refractivity contribution is 7.95. The Bertz CT molecular complexity index is 870. The first-order valence-corrected chi connectivity index (χ1v) is 8.43. The zero-order chi connectivity index (χ0) is 17.0. The molecule has 2 rings (SSSR count). The van der Waals surface area contributed by atoms with Gasteiger partial charge >= 0.3 is 5.97 Å². The van der Waals surface area contributed by atoms with Gasteiger partial charge in [0.15, 0.2) is 0 Å². The van der Waals surface area contributed by atoms with Crippen molar-refractivity contribution in [2.45, 2.75) is 13.8 Å². The maximum atomic E-state index is 12.1. The lowest BCUT2D eigenvalue weighted by atomic mass is 10.1. The zero-order valence-electron chi connectivity index (χ0n) is 12.8. The number of aryl methyl sites for hydroxylation is 2. The van der Waals surface area contributed by atoms with Crippen LogP contribution in [-0.2, 0) is 10.0 Å². The molecule has 2 aromatic carbocycles. The number of aromatic carboxylic acids is 1. The first-order valence-electron chi connectivity index (χ1n) is 6.89. The molecule has 0 aromatic heterocycles. The number of nitrogens with one attached hydrogen (secondary N) is 1. The van der Waals surface area contributed by atoms with Gasteiger partial charge in [-0.15, -0.1) is 0 Å². The molecule has 0 saturated carbocycles. The highest BCUT2D eigenvalue weighted by Gasteiger charge is 2.13. The van der Waals surface area contributed by atoms with E-state index in [1.165, 1.54) is 24.3 Å². The van der Waals surface area contributed by atoms with E-state index >= 15 is 0 Å². The topological polar surface area (TPSA) is 83.5 Å². The Labute approximate surface area is 135 Å². The van der Waals surface area contributed by atoms with Gasteiger partial charge in [-0.1, -0.05) is 30.3 Å². The minimum absolute atomic E-state index is 0.0322. The third-order valence-corrected chi connectivity index (χ3v) is 4.38. The molecule has 0 aliphatic rings. The summed E-state index contributed by atoms with van der Waals surface area (Å²) in [4.78, 5) is 11.1. The number of carboxylic acids is 1. The minimum Gasteiger partial charge on any atom is -0.478 e. The lowest BCUT2D eigenvalue weighted by Crippen LogP contribution is -2.12. The molecule has 2 aromatic rings. The molecule has 120 valence electrons. The van der Waals surface area contributed by atoms with Crippen molar-refractivity contribution in [3.05, 3.63) is 70.1 Å². The Morgan fingerprint density at radius 2 is 1.78 bits per heavy atom. The number of benzene rings is 2. The van der Waals surface area contributed by atoms with Gasteiger partial charge < -0.3 is 5.11 Å². The average Bonchev–Trinajstić information content (AvgIpc) is 2.48. The number of anilines is 1. The second kappa shape index (κ2) is 6.66. The number of sulfonamides is 1. The molecule has 5 nitrogen and oxygen atoms in total. The molecule has 0 aliphatic heterocycles. The van der Waals surface area contributed by atoms with E-state index in [-0.39, 0.29) is 11.3 Å². The summed E-state index contributed by atoms with van der Waals surface area (Å²) >= 11 is 0. The SMILES string of the molecule is Cc1ccc(C=CS(=O)(=O)Nc2ccccc2C(=O)O)cc1C. The summed E-state index contributed by atoms with van der Waals surface area (Å²) in [5, 5.41) is 10.1. The third-order valence-electron chi connectivity index (χ3n) is 3.38. The molecule has 2 N–H and O–H groups in total. The van der Waals surface area contributed by atoms with Gasteiger partial charge in [0.2, 0.25) is 0 Å². The van der Waals surface area contributed by atoms with Crippen molar-refractivity contribution in [1.29, 1.82) is 0 Å². The quantitative estimate of drug-likeness (QED) is 0.879. The van der Waals surface area contributed by atoms with E-state index in [0.717, 1.165) is 22.1 Å². The van der Waals surface area contributed by atoms with Crippen LogP contribution < -0.4 is 4.72 Å². The number of carboxylic acid groups (broad SMARTS) is 1. The molecule has 23 heavy (non-hydrogen) atoms. The van der Waals surface area contributed by atoms with E-state index in [0.29, 0.717) is 0 Å². The van der Waals surface area contributed by atoms with Crippen LogP contribution in [0.4, 0.5) is 5.69 Å². The highest BCUT2D eigenvalue weighted by Crippen LogP contribution is 2.18. The van der Waals surface area contributed by atoms with Crippen molar-refractivity contribution in [2.24, 2.45) is 0 Å². The van der Waals surface area contributed by atoms with Crippen molar-refractivity contribution in [3.63, 3.8) is 0 Å². The smallest absolute Gasteiger partial charge is 0.337 e. The summed E-state index contributed by atoms with van der Waals surface area (Å²) in [5.41, 5.74) is 2.87. The molecule has 0 heterocycles. The van der Waals surface area contributed by atoms with Gasteiger partial charge in [0.1, 0.15) is 0 Å². The highest BCUT2D eigenvalue weighted by atomic mass is 32.2. The van der Waals surface area contributed by atoms with Gasteiger partial charge in [-0.25, -0.2) is 13.2 Å². The largest absolute Gasteiger partial charge is 0.478 e. The van der Waals surface area contributed by atoms with Crippen LogP contribution in [0.2, 0.25) is 0 Å². The molecule has 6 heteroatoms. The first-order chi connectivity index (χ1) is 10.8. The summed E-state index contributed by atoms with van der Waals surface area (Å²) in [6, 6.07) is 11.5. The summed E-state index contributed by atoms with van der Waals surface area (Å²) in [6.07, 6.45) is 1.47. The summed E-state index contributed by atoms with van der Waals surface area (Å²) in [5.74, 6) is -1.19. The van der Waals surface area contributed by atoms with Gasteiger partial charge in [0, 0.05) is 0 Å². The lowest BCUT2D eigenvalue weighted by molar-refractivity contribution is 0.0698. The Hall–Kier alpha value is -2.60. The Balaban J connectivity index is 2.24. The number of hydrogen-bond donors (Lipinski definition) is 2. The monoisotopic (exact) mass is 331 g/mol. The van der Waals surface area contributed by atoms with Crippen LogP contribution in [0.5, 0.6) is 0 Å². The molecule has 0 aliphatic carbocycles. The van der Waals surface area contributed by atoms with Crippen LogP contribution in [-0.4, -0.2) is 19.5 Å². The van der Waals surface area contributed by atoms with E-state index in [1.54, 1.807) is 6.07 Å². The van der Waals surface area contributed by atoms with Gasteiger partial charge in [-0.05, 0) is 48.7 Å². The number of carbonyl (C=O) groups is 1. The van der Waals surface area contributed by atoms with E-state index in [2.05, 4.69) is 4.72 Å². The Kier molecular flexibility index (Phi) is 4.86. The van der Waals surface area contributed by atoms with Gasteiger partial charge in [0.25, 0.3) is 10.0 Å². The van der Waals surface area contributed by atoms with E-state index < -0.39 is 16.0 Å². The molecule has 0 atom stereocenters. The van der Waals surface area contributed by atoms with Crippen LogP contribution in [0, 0.1) is 13.8 Å². The summed E-state index contributed by atoms with van der Waals surface area (Å²) in [7, 11) is -3.81. The fraction of sp³-hybridized carbons (Fsp3) is 0.118. The Morgan fingerprint density at radius 1 is 1.09 bits per heavy atom. The number of hydrogen-bond acceptors (Lipinski definition) is 3. The number of para-hydroxylation sites is 1. The molecular formula is C17H17NO4S. The third kappa shape index (κ3) is 4.43. The average molecular weight is 331 g/mol. The molecular weight excluding hydrogens is 314 g/mol. The standard InChI is InChI=1S/C17H17NO4S/c1-12-7-8-14(11-13(12)2)9-10-23(21,22)18-16-6-4-3-5-15(16)17(19)20/h3-11,18H,1-2H3,(H,19,20). The fourth-order valence-electron chi connectivity index (χ4n) is 1.98.